The van der Waals surface area contributed by atoms with E-state index in [-0.39, 0.29) is 36.1 Å². The summed E-state index contributed by atoms with van der Waals surface area (Å²) < 4.78 is 5.57. The molecular weight excluding hydrogens is 414 g/mol. The number of rotatable bonds is 7. The third kappa shape index (κ3) is 5.43. The van der Waals surface area contributed by atoms with Crippen LogP contribution in [0.15, 0.2) is 45.5 Å². The summed E-state index contributed by atoms with van der Waals surface area (Å²) in [5, 5.41) is 8.19. The Labute approximate surface area is 165 Å². The van der Waals surface area contributed by atoms with Crippen molar-refractivity contribution in [3.8, 4) is 0 Å². The van der Waals surface area contributed by atoms with E-state index in [0.29, 0.717) is 4.67 Å². The normalized spacial score (nSPS) is 14.3. The number of hydrogen-bond acceptors (Lipinski definition) is 4. The second-order valence-electron chi connectivity index (χ2n) is 6.46. The number of furan rings is 1. The number of nitrogens with one attached hydrogen (secondary N) is 3. The monoisotopic (exact) mass is 433 g/mol. The molecule has 0 spiro atoms. The molecule has 27 heavy (non-hydrogen) atoms. The van der Waals surface area contributed by atoms with Crippen LogP contribution in [-0.4, -0.2) is 24.3 Å². The third-order valence-electron chi connectivity index (χ3n) is 4.21. The first-order valence-electron chi connectivity index (χ1n) is 8.66. The average Bonchev–Trinajstić information content (AvgIpc) is 3.41. The molecule has 0 radical (unpaired) electrons. The summed E-state index contributed by atoms with van der Waals surface area (Å²) in [5.41, 5.74) is 1.64. The van der Waals surface area contributed by atoms with Crippen LogP contribution < -0.4 is 16.0 Å². The second kappa shape index (κ2) is 8.39. The molecular formula is C19H20BrN3O4. The highest BCUT2D eigenvalue weighted by atomic mass is 79.9. The van der Waals surface area contributed by atoms with Crippen LogP contribution in [0.2, 0.25) is 0 Å². The van der Waals surface area contributed by atoms with E-state index in [1.54, 1.807) is 6.07 Å². The topological polar surface area (TPSA) is 100 Å². The average molecular weight is 434 g/mol. The van der Waals surface area contributed by atoms with E-state index in [9.17, 15) is 14.4 Å². The fourth-order valence-electron chi connectivity index (χ4n) is 2.50. The molecule has 1 aliphatic rings. The van der Waals surface area contributed by atoms with Crippen LogP contribution in [0.3, 0.4) is 0 Å². The Kier molecular flexibility index (Phi) is 5.95. The molecule has 142 valence electrons. The minimum Gasteiger partial charge on any atom is -0.444 e. The van der Waals surface area contributed by atoms with E-state index >= 15 is 0 Å². The summed E-state index contributed by atoms with van der Waals surface area (Å²) >= 11 is 3.12. The molecule has 0 unspecified atom stereocenters. The van der Waals surface area contributed by atoms with Gasteiger partial charge in [0.2, 0.25) is 11.8 Å². The Balaban J connectivity index is 1.45. The predicted octanol–water partition coefficient (Wildman–Crippen LogP) is 3.00. The van der Waals surface area contributed by atoms with Crippen LogP contribution in [0.4, 0.5) is 5.69 Å². The van der Waals surface area contributed by atoms with Gasteiger partial charge in [-0.15, -0.1) is 0 Å². The lowest BCUT2D eigenvalue weighted by Crippen LogP contribution is -2.37. The van der Waals surface area contributed by atoms with Gasteiger partial charge in [0.1, 0.15) is 0 Å². The van der Waals surface area contributed by atoms with Crippen molar-refractivity contribution in [3.63, 3.8) is 0 Å². The van der Waals surface area contributed by atoms with Crippen LogP contribution in [-0.2, 0) is 9.59 Å². The molecule has 0 aliphatic heterocycles. The summed E-state index contributed by atoms with van der Waals surface area (Å²) in [6, 6.07) is 10.2. The van der Waals surface area contributed by atoms with Gasteiger partial charge in [0.25, 0.3) is 5.91 Å². The third-order valence-corrected chi connectivity index (χ3v) is 4.64. The fraction of sp³-hybridized carbons (Fsp3) is 0.316. The molecule has 1 heterocycles. The fourth-order valence-corrected chi connectivity index (χ4v) is 2.81. The van der Waals surface area contributed by atoms with Crippen molar-refractivity contribution in [1.29, 1.82) is 0 Å². The molecule has 0 bridgehead atoms. The van der Waals surface area contributed by atoms with Crippen molar-refractivity contribution in [2.75, 3.05) is 11.9 Å². The largest absolute Gasteiger partial charge is 0.444 e. The minimum atomic E-state index is -0.459. The standard InChI is InChI=1S/C19H20BrN3O4/c1-11(12-4-6-14(7-5-12)23-18(25)13-2-3-13)22-17(24)10-21-19(26)15-8-9-16(20)27-15/h4-9,11,13H,2-3,10H2,1H3,(H,21,26)(H,22,24)(H,23,25)/t11-/m1/s1. The summed E-state index contributed by atoms with van der Waals surface area (Å²) in [6.45, 7) is 1.69. The molecule has 1 aromatic heterocycles. The van der Waals surface area contributed by atoms with Gasteiger partial charge in [0, 0.05) is 11.6 Å². The van der Waals surface area contributed by atoms with Gasteiger partial charge in [0.05, 0.1) is 12.6 Å². The molecule has 1 saturated carbocycles. The zero-order chi connectivity index (χ0) is 19.4. The summed E-state index contributed by atoms with van der Waals surface area (Å²) in [7, 11) is 0. The minimum absolute atomic E-state index is 0.0587. The zero-order valence-corrected chi connectivity index (χ0v) is 16.3. The van der Waals surface area contributed by atoms with E-state index in [1.807, 2.05) is 31.2 Å². The number of hydrogen-bond donors (Lipinski definition) is 3. The maximum Gasteiger partial charge on any atom is 0.287 e. The van der Waals surface area contributed by atoms with Crippen LogP contribution in [0.1, 0.15) is 41.9 Å². The van der Waals surface area contributed by atoms with Crippen LogP contribution in [0.25, 0.3) is 0 Å². The van der Waals surface area contributed by atoms with Gasteiger partial charge >= 0.3 is 0 Å². The van der Waals surface area contributed by atoms with Crippen molar-refractivity contribution in [2.45, 2.75) is 25.8 Å². The summed E-state index contributed by atoms with van der Waals surface area (Å²) in [4.78, 5) is 35.7. The molecule has 8 heteroatoms. The Hall–Kier alpha value is -2.61. The molecule has 3 amide bonds. The number of amides is 3. The van der Waals surface area contributed by atoms with Gasteiger partial charge in [-0.1, -0.05) is 12.1 Å². The van der Waals surface area contributed by atoms with Crippen molar-refractivity contribution in [2.24, 2.45) is 5.92 Å². The van der Waals surface area contributed by atoms with E-state index in [4.69, 9.17) is 4.42 Å². The lowest BCUT2D eigenvalue weighted by molar-refractivity contribution is -0.120. The van der Waals surface area contributed by atoms with E-state index < -0.39 is 5.91 Å². The van der Waals surface area contributed by atoms with Crippen molar-refractivity contribution in [3.05, 3.63) is 52.4 Å². The lowest BCUT2D eigenvalue weighted by atomic mass is 10.1. The molecule has 1 aliphatic carbocycles. The first-order chi connectivity index (χ1) is 12.9. The van der Waals surface area contributed by atoms with Gasteiger partial charge in [-0.25, -0.2) is 0 Å². The maximum absolute atomic E-state index is 12.0. The van der Waals surface area contributed by atoms with Crippen molar-refractivity contribution < 1.29 is 18.8 Å². The van der Waals surface area contributed by atoms with Gasteiger partial charge in [-0.3, -0.25) is 14.4 Å². The highest BCUT2D eigenvalue weighted by molar-refractivity contribution is 9.10. The Bertz CT molecular complexity index is 843. The first kappa shape index (κ1) is 19.2. The Morgan fingerprint density at radius 1 is 1.15 bits per heavy atom. The zero-order valence-electron chi connectivity index (χ0n) is 14.8. The molecule has 7 nitrogen and oxygen atoms in total. The molecule has 3 N–H and O–H groups in total. The molecule has 1 fully saturated rings. The van der Waals surface area contributed by atoms with Crippen LogP contribution in [0.5, 0.6) is 0 Å². The number of carbonyl (C=O) groups is 3. The molecule has 1 aromatic carbocycles. The highest BCUT2D eigenvalue weighted by Crippen LogP contribution is 2.30. The van der Waals surface area contributed by atoms with Gasteiger partial charge in [-0.2, -0.15) is 0 Å². The molecule has 2 aromatic rings. The van der Waals surface area contributed by atoms with E-state index in [2.05, 4.69) is 31.9 Å². The first-order valence-corrected chi connectivity index (χ1v) is 9.45. The highest BCUT2D eigenvalue weighted by Gasteiger charge is 2.29. The second-order valence-corrected chi connectivity index (χ2v) is 7.24. The SMILES string of the molecule is C[C@@H](NC(=O)CNC(=O)c1ccc(Br)o1)c1ccc(NC(=O)C2CC2)cc1. The van der Waals surface area contributed by atoms with Crippen LogP contribution in [0, 0.1) is 5.92 Å². The van der Waals surface area contributed by atoms with Crippen molar-refractivity contribution in [1.82, 2.24) is 10.6 Å². The molecule has 0 saturated heterocycles. The van der Waals surface area contributed by atoms with Gasteiger partial charge < -0.3 is 20.4 Å². The summed E-state index contributed by atoms with van der Waals surface area (Å²) in [5.74, 6) is -0.429. The molecule has 3 rings (SSSR count). The number of benzene rings is 1. The van der Waals surface area contributed by atoms with E-state index in [0.717, 1.165) is 24.1 Å². The quantitative estimate of drug-likeness (QED) is 0.624. The lowest BCUT2D eigenvalue weighted by Gasteiger charge is -2.15. The predicted molar refractivity (Wildman–Crippen MR) is 103 cm³/mol. The number of halogens is 1. The Morgan fingerprint density at radius 3 is 2.44 bits per heavy atom. The Morgan fingerprint density at radius 2 is 1.85 bits per heavy atom. The van der Waals surface area contributed by atoms with Gasteiger partial charge in [0.15, 0.2) is 10.4 Å². The molecule has 1 atom stereocenters. The number of carbonyl (C=O) groups excluding carboxylic acids is 3. The smallest absolute Gasteiger partial charge is 0.287 e. The van der Waals surface area contributed by atoms with Gasteiger partial charge in [-0.05, 0) is 65.5 Å². The summed E-state index contributed by atoms with van der Waals surface area (Å²) in [6.07, 6.45) is 1.92. The van der Waals surface area contributed by atoms with Crippen LogP contribution >= 0.6 is 15.9 Å². The van der Waals surface area contributed by atoms with Crippen molar-refractivity contribution >= 4 is 39.3 Å². The van der Waals surface area contributed by atoms with E-state index in [1.165, 1.54) is 6.07 Å². The number of anilines is 1. The maximum atomic E-state index is 12.0.